The van der Waals surface area contributed by atoms with Crippen LogP contribution in [0.2, 0.25) is 0 Å². The summed E-state index contributed by atoms with van der Waals surface area (Å²) in [6.45, 7) is 0. The van der Waals surface area contributed by atoms with Crippen molar-refractivity contribution in [1.29, 1.82) is 0 Å². The van der Waals surface area contributed by atoms with Gasteiger partial charge in [-0.25, -0.2) is 4.79 Å². The van der Waals surface area contributed by atoms with Crippen molar-refractivity contribution in [3.63, 3.8) is 0 Å². The number of hydrogen-bond acceptors (Lipinski definition) is 2. The quantitative estimate of drug-likeness (QED) is 0.666. The van der Waals surface area contributed by atoms with Gasteiger partial charge in [0.05, 0.1) is 10.7 Å². The molecule has 1 rings (SSSR count). The van der Waals surface area contributed by atoms with Crippen LogP contribution in [0.25, 0.3) is 0 Å². The Bertz CT molecular complexity index is 329. The molecule has 0 atom stereocenters. The number of hydrogen-bond donors (Lipinski definition) is 1. The summed E-state index contributed by atoms with van der Waals surface area (Å²) in [6.07, 6.45) is 1.43. The molecule has 0 aliphatic heterocycles. The maximum Gasteiger partial charge on any atom is 0.382 e. The van der Waals surface area contributed by atoms with Gasteiger partial charge in [-0.05, 0) is 27.9 Å². The summed E-state index contributed by atoms with van der Waals surface area (Å²) in [7, 11) is 0. The van der Waals surface area contributed by atoms with E-state index in [1.807, 2.05) is 5.92 Å². The zero-order chi connectivity index (χ0) is 8.27. The average Bonchev–Trinajstić information content (AvgIpc) is 2.31. The Morgan fingerprint density at radius 2 is 2.45 bits per heavy atom. The van der Waals surface area contributed by atoms with Gasteiger partial charge in [0.15, 0.2) is 5.76 Å². The second kappa shape index (κ2) is 3.26. The summed E-state index contributed by atoms with van der Waals surface area (Å²) >= 11 is 3.13. The van der Waals surface area contributed by atoms with Crippen molar-refractivity contribution in [3.05, 3.63) is 22.6 Å². The van der Waals surface area contributed by atoms with Crippen LogP contribution in [-0.4, -0.2) is 11.1 Å². The maximum atomic E-state index is 9.98. The third-order valence-electron chi connectivity index (χ3n) is 0.900. The molecule has 0 radical (unpaired) electrons. The molecule has 0 aromatic carbocycles. The number of rotatable bonds is 0. The van der Waals surface area contributed by atoms with Crippen molar-refractivity contribution in [2.45, 2.75) is 0 Å². The minimum atomic E-state index is -1.17. The monoisotopic (exact) mass is 214 g/mol. The van der Waals surface area contributed by atoms with E-state index in [-0.39, 0.29) is 0 Å². The normalized spacial score (nSPS) is 8.45. The van der Waals surface area contributed by atoms with Crippen LogP contribution in [0.5, 0.6) is 0 Å². The van der Waals surface area contributed by atoms with Crippen molar-refractivity contribution >= 4 is 21.9 Å². The molecule has 0 saturated heterocycles. The van der Waals surface area contributed by atoms with Gasteiger partial charge in [0.2, 0.25) is 0 Å². The standard InChI is InChI=1S/C7H3BrO3/c8-5-3-4-11-6(5)1-2-7(9)10/h3-4H,(H,9,10). The molecule has 56 valence electrons. The Hall–Kier alpha value is -1.21. The largest absolute Gasteiger partial charge is 0.472 e. The Kier molecular flexibility index (Phi) is 2.34. The first-order valence-corrected chi connectivity index (χ1v) is 3.47. The lowest BCUT2D eigenvalue weighted by Gasteiger charge is -1.79. The molecule has 1 N–H and O–H groups in total. The van der Waals surface area contributed by atoms with Gasteiger partial charge in [0.1, 0.15) is 0 Å². The molecule has 0 fully saturated rings. The molecule has 0 unspecified atom stereocenters. The molecule has 1 aromatic rings. The van der Waals surface area contributed by atoms with E-state index in [2.05, 4.69) is 21.9 Å². The SMILES string of the molecule is O=C(O)C#Cc1occc1Br. The van der Waals surface area contributed by atoms with E-state index in [9.17, 15) is 4.79 Å². The topological polar surface area (TPSA) is 50.4 Å². The predicted molar refractivity (Wildman–Crippen MR) is 40.9 cm³/mol. The van der Waals surface area contributed by atoms with Gasteiger partial charge in [-0.2, -0.15) is 0 Å². The Morgan fingerprint density at radius 3 is 2.91 bits per heavy atom. The first-order valence-electron chi connectivity index (χ1n) is 2.68. The maximum absolute atomic E-state index is 9.98. The van der Waals surface area contributed by atoms with E-state index >= 15 is 0 Å². The Morgan fingerprint density at radius 1 is 1.73 bits per heavy atom. The second-order valence-corrected chi connectivity index (χ2v) is 2.51. The number of carboxylic acid groups (broad SMARTS) is 1. The van der Waals surface area contributed by atoms with E-state index in [0.717, 1.165) is 0 Å². The van der Waals surface area contributed by atoms with E-state index in [0.29, 0.717) is 10.2 Å². The molecule has 0 amide bonds. The van der Waals surface area contributed by atoms with Crippen molar-refractivity contribution in [3.8, 4) is 11.8 Å². The number of carbonyl (C=O) groups is 1. The molecule has 0 aliphatic carbocycles. The summed E-state index contributed by atoms with van der Waals surface area (Å²) < 4.78 is 5.49. The highest BCUT2D eigenvalue weighted by molar-refractivity contribution is 9.10. The zero-order valence-corrected chi connectivity index (χ0v) is 6.88. The summed E-state index contributed by atoms with van der Waals surface area (Å²) in [5.74, 6) is 3.41. The van der Waals surface area contributed by atoms with Gasteiger partial charge in [-0.3, -0.25) is 0 Å². The predicted octanol–water partition coefficient (Wildman–Crippen LogP) is 1.48. The van der Waals surface area contributed by atoms with E-state index in [4.69, 9.17) is 9.52 Å². The number of carboxylic acids is 1. The van der Waals surface area contributed by atoms with Crippen LogP contribution in [0.1, 0.15) is 5.76 Å². The van der Waals surface area contributed by atoms with Crippen LogP contribution >= 0.6 is 15.9 Å². The molecule has 0 spiro atoms. The van der Waals surface area contributed by atoms with Crippen molar-refractivity contribution in [2.24, 2.45) is 0 Å². The highest BCUT2D eigenvalue weighted by Crippen LogP contribution is 2.15. The second-order valence-electron chi connectivity index (χ2n) is 1.65. The van der Waals surface area contributed by atoms with Crippen molar-refractivity contribution < 1.29 is 14.3 Å². The van der Waals surface area contributed by atoms with Crippen LogP contribution in [0, 0.1) is 11.8 Å². The smallest absolute Gasteiger partial charge is 0.382 e. The van der Waals surface area contributed by atoms with E-state index in [1.54, 1.807) is 6.07 Å². The van der Waals surface area contributed by atoms with E-state index < -0.39 is 5.97 Å². The van der Waals surface area contributed by atoms with Gasteiger partial charge < -0.3 is 9.52 Å². The zero-order valence-electron chi connectivity index (χ0n) is 5.30. The minimum absolute atomic E-state index is 0.326. The summed E-state index contributed by atoms with van der Waals surface area (Å²) in [5.41, 5.74) is 0. The summed E-state index contributed by atoms with van der Waals surface area (Å²) in [4.78, 5) is 9.98. The first kappa shape index (κ1) is 7.89. The van der Waals surface area contributed by atoms with Crippen molar-refractivity contribution in [1.82, 2.24) is 0 Å². The fraction of sp³-hybridized carbons (Fsp3) is 0. The Balaban J connectivity index is 2.90. The highest BCUT2D eigenvalue weighted by atomic mass is 79.9. The van der Waals surface area contributed by atoms with Crippen LogP contribution in [0.15, 0.2) is 21.2 Å². The van der Waals surface area contributed by atoms with Gasteiger partial charge >= 0.3 is 5.97 Å². The molecule has 0 bridgehead atoms. The van der Waals surface area contributed by atoms with Gasteiger partial charge in [-0.15, -0.1) is 0 Å². The molecule has 1 aromatic heterocycles. The molecule has 0 saturated carbocycles. The highest BCUT2D eigenvalue weighted by Gasteiger charge is 1.97. The molecule has 0 aliphatic rings. The molecule has 4 heteroatoms. The number of aliphatic carboxylic acids is 1. The van der Waals surface area contributed by atoms with Gasteiger partial charge in [0.25, 0.3) is 0 Å². The lowest BCUT2D eigenvalue weighted by molar-refractivity contribution is -0.130. The number of furan rings is 1. The van der Waals surface area contributed by atoms with E-state index in [1.165, 1.54) is 6.26 Å². The van der Waals surface area contributed by atoms with Crippen LogP contribution in [0.3, 0.4) is 0 Å². The van der Waals surface area contributed by atoms with Crippen LogP contribution in [0.4, 0.5) is 0 Å². The molecule has 3 nitrogen and oxygen atoms in total. The Labute approximate surface area is 71.1 Å². The van der Waals surface area contributed by atoms with Crippen LogP contribution < -0.4 is 0 Å². The average molecular weight is 215 g/mol. The summed E-state index contributed by atoms with van der Waals surface area (Å²) in [5, 5.41) is 8.17. The fourth-order valence-corrected chi connectivity index (χ4v) is 0.794. The van der Waals surface area contributed by atoms with Gasteiger partial charge in [0, 0.05) is 5.92 Å². The van der Waals surface area contributed by atoms with Crippen molar-refractivity contribution in [2.75, 3.05) is 0 Å². The lowest BCUT2D eigenvalue weighted by atomic mass is 10.4. The van der Waals surface area contributed by atoms with Gasteiger partial charge in [-0.1, -0.05) is 0 Å². The lowest BCUT2D eigenvalue weighted by Crippen LogP contribution is -1.86. The third kappa shape index (κ3) is 2.13. The van der Waals surface area contributed by atoms with Crippen LogP contribution in [-0.2, 0) is 4.79 Å². The fourth-order valence-electron chi connectivity index (χ4n) is 0.493. The molecule has 11 heavy (non-hydrogen) atoms. The minimum Gasteiger partial charge on any atom is -0.472 e. The number of halogens is 1. The first-order chi connectivity index (χ1) is 5.20. The molecular formula is C7H3BrO3. The molecule has 1 heterocycles. The summed E-state index contributed by atoms with van der Waals surface area (Å²) in [6, 6.07) is 1.64. The third-order valence-corrected chi connectivity index (χ3v) is 1.52. The molecular weight excluding hydrogens is 212 g/mol.